The molecule has 1 aromatic carbocycles. The quantitative estimate of drug-likeness (QED) is 0.722. The monoisotopic (exact) mass is 242 g/mol. The van der Waals surface area contributed by atoms with Gasteiger partial charge >= 0.3 is 0 Å². The molecule has 0 aliphatic rings. The molecule has 17 heavy (non-hydrogen) atoms. The largest absolute Gasteiger partial charge is 0.491 e. The molecule has 1 rings (SSSR count). The molecule has 0 bridgehead atoms. The number of aliphatic hydroxyl groups is 2. The fraction of sp³-hybridized carbons (Fsp3) is 0.538. The van der Waals surface area contributed by atoms with Gasteiger partial charge in [0.05, 0.1) is 12.7 Å². The van der Waals surface area contributed by atoms with E-state index in [0.29, 0.717) is 12.2 Å². The van der Waals surface area contributed by atoms with Gasteiger partial charge in [-0.15, -0.1) is 0 Å². The van der Waals surface area contributed by atoms with Gasteiger partial charge in [-0.05, 0) is 43.9 Å². The lowest BCUT2D eigenvalue weighted by Gasteiger charge is -2.09. The summed E-state index contributed by atoms with van der Waals surface area (Å²) in [6, 6.07) is 4.47. The van der Waals surface area contributed by atoms with Crippen LogP contribution in [-0.4, -0.2) is 23.4 Å². The Labute approximate surface area is 101 Å². The highest BCUT2D eigenvalue weighted by atomic mass is 19.1. The van der Waals surface area contributed by atoms with Gasteiger partial charge in [0, 0.05) is 6.61 Å². The molecule has 2 N–H and O–H groups in total. The van der Waals surface area contributed by atoms with Crippen LogP contribution in [0.4, 0.5) is 4.39 Å². The Hall–Kier alpha value is -1.13. The van der Waals surface area contributed by atoms with Crippen LogP contribution in [-0.2, 0) is 0 Å². The summed E-state index contributed by atoms with van der Waals surface area (Å²) in [7, 11) is 0. The lowest BCUT2D eigenvalue weighted by atomic mass is 10.1. The predicted molar refractivity (Wildman–Crippen MR) is 63.5 cm³/mol. The SMILES string of the molecule is C[C@H](O)c1ccc(OCCCCCO)c(F)c1. The zero-order valence-corrected chi connectivity index (χ0v) is 10.0. The van der Waals surface area contributed by atoms with Crippen LogP contribution in [0.1, 0.15) is 37.9 Å². The van der Waals surface area contributed by atoms with Crippen molar-refractivity contribution in [2.45, 2.75) is 32.3 Å². The molecule has 0 radical (unpaired) electrons. The van der Waals surface area contributed by atoms with Crippen LogP contribution < -0.4 is 4.74 Å². The zero-order chi connectivity index (χ0) is 12.7. The molecule has 0 heterocycles. The van der Waals surface area contributed by atoms with Crippen molar-refractivity contribution in [2.75, 3.05) is 13.2 Å². The second-order valence-corrected chi connectivity index (χ2v) is 4.00. The summed E-state index contributed by atoms with van der Waals surface area (Å²) < 4.78 is 18.8. The zero-order valence-electron chi connectivity index (χ0n) is 10.0. The smallest absolute Gasteiger partial charge is 0.165 e. The van der Waals surface area contributed by atoms with E-state index in [9.17, 15) is 9.50 Å². The molecule has 0 unspecified atom stereocenters. The second-order valence-electron chi connectivity index (χ2n) is 4.00. The first-order chi connectivity index (χ1) is 8.15. The molecule has 0 aliphatic carbocycles. The van der Waals surface area contributed by atoms with Gasteiger partial charge in [-0.25, -0.2) is 4.39 Å². The maximum absolute atomic E-state index is 13.5. The van der Waals surface area contributed by atoms with Crippen LogP contribution in [0.25, 0.3) is 0 Å². The molecular formula is C13H19FO3. The van der Waals surface area contributed by atoms with Gasteiger partial charge in [-0.1, -0.05) is 6.07 Å². The van der Waals surface area contributed by atoms with Gasteiger partial charge in [-0.2, -0.15) is 0 Å². The molecule has 0 spiro atoms. The molecule has 0 aromatic heterocycles. The Balaban J connectivity index is 2.43. The number of hydrogen-bond donors (Lipinski definition) is 2. The average molecular weight is 242 g/mol. The maximum Gasteiger partial charge on any atom is 0.165 e. The first-order valence-electron chi connectivity index (χ1n) is 5.86. The number of ether oxygens (including phenoxy) is 1. The van der Waals surface area contributed by atoms with Gasteiger partial charge in [0.1, 0.15) is 0 Å². The van der Waals surface area contributed by atoms with Crippen LogP contribution in [0.5, 0.6) is 5.75 Å². The van der Waals surface area contributed by atoms with Crippen molar-refractivity contribution >= 4 is 0 Å². The van der Waals surface area contributed by atoms with Crippen molar-refractivity contribution in [1.82, 2.24) is 0 Å². The van der Waals surface area contributed by atoms with E-state index in [1.165, 1.54) is 12.1 Å². The molecule has 3 nitrogen and oxygen atoms in total. The van der Waals surface area contributed by atoms with E-state index in [0.717, 1.165) is 19.3 Å². The Bertz CT molecular complexity index is 339. The summed E-state index contributed by atoms with van der Waals surface area (Å²) in [6.07, 6.45) is 1.72. The number of hydrogen-bond acceptors (Lipinski definition) is 3. The molecule has 1 atom stereocenters. The minimum atomic E-state index is -0.678. The van der Waals surface area contributed by atoms with Gasteiger partial charge in [0.2, 0.25) is 0 Å². The first kappa shape index (κ1) is 13.9. The van der Waals surface area contributed by atoms with Gasteiger partial charge in [-0.3, -0.25) is 0 Å². The van der Waals surface area contributed by atoms with E-state index in [2.05, 4.69) is 0 Å². The van der Waals surface area contributed by atoms with Crippen LogP contribution >= 0.6 is 0 Å². The number of rotatable bonds is 7. The van der Waals surface area contributed by atoms with Gasteiger partial charge in [0.15, 0.2) is 11.6 Å². The van der Waals surface area contributed by atoms with Crippen LogP contribution in [0.15, 0.2) is 18.2 Å². The minimum Gasteiger partial charge on any atom is -0.491 e. The summed E-state index contributed by atoms with van der Waals surface area (Å²) in [5, 5.41) is 17.9. The summed E-state index contributed by atoms with van der Waals surface area (Å²) in [5.74, 6) is -0.246. The third-order valence-corrected chi connectivity index (χ3v) is 2.50. The fourth-order valence-electron chi connectivity index (χ4n) is 1.47. The molecule has 0 amide bonds. The minimum absolute atomic E-state index is 0.178. The number of halogens is 1. The maximum atomic E-state index is 13.5. The van der Waals surface area contributed by atoms with Crippen LogP contribution in [0, 0.1) is 5.82 Å². The van der Waals surface area contributed by atoms with Crippen molar-refractivity contribution < 1.29 is 19.3 Å². The summed E-state index contributed by atoms with van der Waals surface area (Å²) in [6.45, 7) is 2.20. The third kappa shape index (κ3) is 4.71. The fourth-order valence-corrected chi connectivity index (χ4v) is 1.47. The topological polar surface area (TPSA) is 49.7 Å². The highest BCUT2D eigenvalue weighted by molar-refractivity contribution is 5.30. The first-order valence-corrected chi connectivity index (χ1v) is 5.86. The standard InChI is InChI=1S/C13H19FO3/c1-10(16)11-5-6-13(12(14)9-11)17-8-4-2-3-7-15/h5-6,9-10,15-16H,2-4,7-8H2,1H3/t10-/m0/s1. The van der Waals surface area contributed by atoms with E-state index in [1.54, 1.807) is 13.0 Å². The normalized spacial score (nSPS) is 12.5. The Morgan fingerprint density at radius 3 is 2.65 bits per heavy atom. The van der Waals surface area contributed by atoms with Crippen LogP contribution in [0.3, 0.4) is 0 Å². The van der Waals surface area contributed by atoms with Crippen molar-refractivity contribution in [1.29, 1.82) is 0 Å². The van der Waals surface area contributed by atoms with E-state index in [4.69, 9.17) is 9.84 Å². The molecule has 0 saturated carbocycles. The number of aliphatic hydroxyl groups excluding tert-OH is 2. The summed E-state index contributed by atoms with van der Waals surface area (Å²) in [5.41, 5.74) is 0.537. The van der Waals surface area contributed by atoms with Crippen LogP contribution in [0.2, 0.25) is 0 Å². The lowest BCUT2D eigenvalue weighted by molar-refractivity contribution is 0.198. The number of benzene rings is 1. The molecule has 0 saturated heterocycles. The summed E-state index contributed by atoms with van der Waals surface area (Å²) >= 11 is 0. The molecule has 0 fully saturated rings. The Morgan fingerprint density at radius 2 is 2.06 bits per heavy atom. The average Bonchev–Trinajstić information content (AvgIpc) is 2.30. The van der Waals surface area contributed by atoms with E-state index in [-0.39, 0.29) is 12.4 Å². The van der Waals surface area contributed by atoms with Crippen molar-refractivity contribution in [2.24, 2.45) is 0 Å². The molecule has 0 aliphatic heterocycles. The van der Waals surface area contributed by atoms with Crippen molar-refractivity contribution in [3.8, 4) is 5.75 Å². The molecule has 4 heteroatoms. The lowest BCUT2D eigenvalue weighted by Crippen LogP contribution is -2.01. The molecular weight excluding hydrogens is 223 g/mol. The Kier molecular flexibility index (Phi) is 5.94. The van der Waals surface area contributed by atoms with Crippen molar-refractivity contribution in [3.63, 3.8) is 0 Å². The third-order valence-electron chi connectivity index (χ3n) is 2.50. The van der Waals surface area contributed by atoms with Gasteiger partial charge < -0.3 is 14.9 Å². The highest BCUT2D eigenvalue weighted by Gasteiger charge is 2.07. The van der Waals surface area contributed by atoms with E-state index >= 15 is 0 Å². The Morgan fingerprint density at radius 1 is 1.29 bits per heavy atom. The summed E-state index contributed by atoms with van der Waals surface area (Å²) in [4.78, 5) is 0. The predicted octanol–water partition coefficient (Wildman–Crippen LogP) is 2.42. The van der Waals surface area contributed by atoms with Crippen molar-refractivity contribution in [3.05, 3.63) is 29.6 Å². The highest BCUT2D eigenvalue weighted by Crippen LogP contribution is 2.22. The molecule has 96 valence electrons. The van der Waals surface area contributed by atoms with Gasteiger partial charge in [0.25, 0.3) is 0 Å². The van der Waals surface area contributed by atoms with E-state index in [1.807, 2.05) is 0 Å². The molecule has 1 aromatic rings. The van der Waals surface area contributed by atoms with E-state index < -0.39 is 11.9 Å². The number of unbranched alkanes of at least 4 members (excludes halogenated alkanes) is 2. The second kappa shape index (κ2) is 7.25.